The smallest absolute Gasteiger partial charge is 0.329 e. The van der Waals surface area contributed by atoms with Gasteiger partial charge in [-0.2, -0.15) is 0 Å². The van der Waals surface area contributed by atoms with E-state index < -0.39 is 11.5 Å². The van der Waals surface area contributed by atoms with E-state index in [9.17, 15) is 9.59 Å². The van der Waals surface area contributed by atoms with Gasteiger partial charge in [0.05, 0.1) is 0 Å². The van der Waals surface area contributed by atoms with E-state index in [4.69, 9.17) is 5.11 Å². The van der Waals surface area contributed by atoms with Crippen LogP contribution in [0, 0.1) is 6.92 Å². The molecule has 0 aliphatic heterocycles. The lowest BCUT2D eigenvalue weighted by molar-refractivity contribution is -0.147. The summed E-state index contributed by atoms with van der Waals surface area (Å²) in [6.45, 7) is 5.26. The average Bonchev–Trinajstić information content (AvgIpc) is 2.39. The fraction of sp³-hybridized carbons (Fsp3) is 0.467. The van der Waals surface area contributed by atoms with E-state index in [1.165, 1.54) is 6.92 Å². The molecule has 1 atom stereocenters. The van der Waals surface area contributed by atoms with Crippen LogP contribution in [0.2, 0.25) is 0 Å². The van der Waals surface area contributed by atoms with Gasteiger partial charge < -0.3 is 10.4 Å². The fourth-order valence-corrected chi connectivity index (χ4v) is 2.03. The maximum Gasteiger partial charge on any atom is 0.329 e. The summed E-state index contributed by atoms with van der Waals surface area (Å²) in [5, 5.41) is 11.7. The number of carboxylic acids is 1. The molecule has 1 unspecified atom stereocenters. The Morgan fingerprint density at radius 3 is 2.55 bits per heavy atom. The number of carboxylic acid groups (broad SMARTS) is 1. The molecule has 1 aromatic rings. The molecule has 20 heavy (non-hydrogen) atoms. The second-order valence-corrected chi connectivity index (χ2v) is 5.98. The van der Waals surface area contributed by atoms with Gasteiger partial charge in [0.1, 0.15) is 5.54 Å². The third-order valence-corrected chi connectivity index (χ3v) is 4.35. The lowest BCUT2D eigenvalue weighted by Gasteiger charge is -2.24. The molecule has 2 N–H and O–H groups in total. The number of aryl methyl sites for hydroxylation is 2. The van der Waals surface area contributed by atoms with Gasteiger partial charge in [0.2, 0.25) is 5.91 Å². The molecule has 0 spiro atoms. The SMILES string of the molecule is CCC(C)(NC(=O)CCc1ccc(Br)c(C)c1)C(=O)O. The Morgan fingerprint density at radius 2 is 2.05 bits per heavy atom. The van der Waals surface area contributed by atoms with Crippen LogP contribution in [0.5, 0.6) is 0 Å². The summed E-state index contributed by atoms with van der Waals surface area (Å²) in [5.41, 5.74) is 0.994. The second-order valence-electron chi connectivity index (χ2n) is 5.12. The molecule has 0 aliphatic carbocycles. The van der Waals surface area contributed by atoms with Crippen molar-refractivity contribution >= 4 is 27.8 Å². The van der Waals surface area contributed by atoms with Gasteiger partial charge in [0.25, 0.3) is 0 Å². The first-order chi connectivity index (χ1) is 9.28. The lowest BCUT2D eigenvalue weighted by Crippen LogP contribution is -2.51. The van der Waals surface area contributed by atoms with Crippen molar-refractivity contribution in [2.75, 3.05) is 0 Å². The highest BCUT2D eigenvalue weighted by molar-refractivity contribution is 9.10. The van der Waals surface area contributed by atoms with Gasteiger partial charge in [-0.05, 0) is 43.9 Å². The standard InChI is InChI=1S/C15H20BrNO3/c1-4-15(3,14(19)20)17-13(18)8-6-11-5-7-12(16)10(2)9-11/h5,7,9H,4,6,8H2,1-3H3,(H,17,18)(H,19,20). The van der Waals surface area contributed by atoms with Crippen LogP contribution < -0.4 is 5.32 Å². The molecule has 0 saturated carbocycles. The maximum atomic E-state index is 11.9. The molecule has 0 saturated heterocycles. The number of halogens is 1. The van der Waals surface area contributed by atoms with Crippen LogP contribution in [0.4, 0.5) is 0 Å². The molecule has 0 heterocycles. The Labute approximate surface area is 127 Å². The maximum absolute atomic E-state index is 11.9. The topological polar surface area (TPSA) is 66.4 Å². The molecule has 1 amide bonds. The normalized spacial score (nSPS) is 13.6. The first-order valence-electron chi connectivity index (χ1n) is 6.58. The summed E-state index contributed by atoms with van der Waals surface area (Å²) < 4.78 is 1.04. The molecule has 0 aromatic heterocycles. The summed E-state index contributed by atoms with van der Waals surface area (Å²) >= 11 is 3.43. The van der Waals surface area contributed by atoms with Gasteiger partial charge in [-0.3, -0.25) is 4.79 Å². The Morgan fingerprint density at radius 1 is 1.40 bits per heavy atom. The minimum Gasteiger partial charge on any atom is -0.480 e. The van der Waals surface area contributed by atoms with Crippen molar-refractivity contribution in [3.63, 3.8) is 0 Å². The van der Waals surface area contributed by atoms with E-state index >= 15 is 0 Å². The van der Waals surface area contributed by atoms with Gasteiger partial charge in [0.15, 0.2) is 0 Å². The van der Waals surface area contributed by atoms with Crippen LogP contribution in [0.1, 0.15) is 37.8 Å². The predicted molar refractivity (Wildman–Crippen MR) is 81.7 cm³/mol. The number of benzene rings is 1. The molecular formula is C15H20BrNO3. The number of amides is 1. The number of nitrogens with one attached hydrogen (secondary N) is 1. The van der Waals surface area contributed by atoms with E-state index in [0.717, 1.165) is 15.6 Å². The summed E-state index contributed by atoms with van der Waals surface area (Å²) in [5.74, 6) is -1.25. The number of hydrogen-bond acceptors (Lipinski definition) is 2. The van der Waals surface area contributed by atoms with Crippen LogP contribution in [-0.2, 0) is 16.0 Å². The quantitative estimate of drug-likeness (QED) is 0.835. The Kier molecular flexibility index (Phi) is 5.74. The van der Waals surface area contributed by atoms with Crippen molar-refractivity contribution in [2.45, 2.75) is 45.6 Å². The predicted octanol–water partition coefficient (Wildman–Crippen LogP) is 3.06. The van der Waals surface area contributed by atoms with Gasteiger partial charge in [0, 0.05) is 10.9 Å². The highest BCUT2D eigenvalue weighted by Gasteiger charge is 2.32. The molecule has 4 nitrogen and oxygen atoms in total. The molecule has 0 bridgehead atoms. The van der Waals surface area contributed by atoms with Crippen molar-refractivity contribution in [1.29, 1.82) is 0 Å². The molecular weight excluding hydrogens is 322 g/mol. The van der Waals surface area contributed by atoms with E-state index in [-0.39, 0.29) is 12.3 Å². The van der Waals surface area contributed by atoms with Crippen molar-refractivity contribution in [3.8, 4) is 0 Å². The van der Waals surface area contributed by atoms with E-state index in [1.807, 2.05) is 25.1 Å². The van der Waals surface area contributed by atoms with Crippen LogP contribution in [0.25, 0.3) is 0 Å². The van der Waals surface area contributed by atoms with E-state index in [1.54, 1.807) is 6.92 Å². The first-order valence-corrected chi connectivity index (χ1v) is 7.37. The van der Waals surface area contributed by atoms with E-state index in [2.05, 4.69) is 21.2 Å². The number of hydrogen-bond donors (Lipinski definition) is 2. The molecule has 5 heteroatoms. The van der Waals surface area contributed by atoms with Crippen LogP contribution >= 0.6 is 15.9 Å². The summed E-state index contributed by atoms with van der Waals surface area (Å²) in [7, 11) is 0. The largest absolute Gasteiger partial charge is 0.480 e. The number of carbonyl (C=O) groups excluding carboxylic acids is 1. The highest BCUT2D eigenvalue weighted by atomic mass is 79.9. The zero-order chi connectivity index (χ0) is 15.3. The van der Waals surface area contributed by atoms with Gasteiger partial charge >= 0.3 is 5.97 Å². The summed E-state index contributed by atoms with van der Waals surface area (Å²) in [6, 6.07) is 5.93. The van der Waals surface area contributed by atoms with Crippen LogP contribution in [-0.4, -0.2) is 22.5 Å². The number of aliphatic carboxylic acids is 1. The Balaban J connectivity index is 2.59. The van der Waals surface area contributed by atoms with Crippen LogP contribution in [0.3, 0.4) is 0 Å². The molecule has 1 rings (SSSR count). The third-order valence-electron chi connectivity index (χ3n) is 3.46. The monoisotopic (exact) mass is 341 g/mol. The molecule has 0 radical (unpaired) electrons. The molecule has 110 valence electrons. The second kappa shape index (κ2) is 6.88. The van der Waals surface area contributed by atoms with Crippen molar-refractivity contribution in [2.24, 2.45) is 0 Å². The average molecular weight is 342 g/mol. The van der Waals surface area contributed by atoms with E-state index in [0.29, 0.717) is 12.8 Å². The van der Waals surface area contributed by atoms with Crippen molar-refractivity contribution in [1.82, 2.24) is 5.32 Å². The minimum absolute atomic E-state index is 0.239. The number of rotatable bonds is 6. The molecule has 0 fully saturated rings. The van der Waals surface area contributed by atoms with Gasteiger partial charge in [-0.1, -0.05) is 35.0 Å². The lowest BCUT2D eigenvalue weighted by atomic mass is 9.98. The van der Waals surface area contributed by atoms with Crippen LogP contribution in [0.15, 0.2) is 22.7 Å². The first kappa shape index (κ1) is 16.7. The zero-order valence-corrected chi connectivity index (χ0v) is 13.6. The molecule has 1 aromatic carbocycles. The highest BCUT2D eigenvalue weighted by Crippen LogP contribution is 2.18. The molecule has 0 aliphatic rings. The Bertz CT molecular complexity index is 516. The third kappa shape index (κ3) is 4.34. The van der Waals surface area contributed by atoms with Gasteiger partial charge in [-0.25, -0.2) is 4.79 Å². The van der Waals surface area contributed by atoms with Crippen molar-refractivity contribution < 1.29 is 14.7 Å². The fourth-order valence-electron chi connectivity index (χ4n) is 1.78. The summed E-state index contributed by atoms with van der Waals surface area (Å²) in [4.78, 5) is 23.0. The summed E-state index contributed by atoms with van der Waals surface area (Å²) in [6.07, 6.45) is 1.23. The number of carbonyl (C=O) groups is 2. The van der Waals surface area contributed by atoms with Gasteiger partial charge in [-0.15, -0.1) is 0 Å². The Hall–Kier alpha value is -1.36. The zero-order valence-electron chi connectivity index (χ0n) is 12.0. The minimum atomic E-state index is -1.19. The van der Waals surface area contributed by atoms with Crippen molar-refractivity contribution in [3.05, 3.63) is 33.8 Å².